The maximum atomic E-state index is 6.36. The van der Waals surface area contributed by atoms with Gasteiger partial charge in [0.15, 0.2) is 0 Å². The molecule has 2 rings (SSSR count). The van der Waals surface area contributed by atoms with Crippen LogP contribution in [0, 0.1) is 13.8 Å². The standard InChI is InChI=1S/C15H16BrClS/c1-4-11-5-6-14(18-11)15(16)12-7-9(2)10(3)8-13(12)17/h5-8,15H,4H2,1-3H3. The van der Waals surface area contributed by atoms with E-state index in [0.29, 0.717) is 0 Å². The Labute approximate surface area is 126 Å². The number of halogens is 2. The van der Waals surface area contributed by atoms with Gasteiger partial charge in [0, 0.05) is 14.8 Å². The minimum atomic E-state index is 0.189. The summed E-state index contributed by atoms with van der Waals surface area (Å²) in [5.74, 6) is 0. The predicted molar refractivity (Wildman–Crippen MR) is 85.4 cm³/mol. The van der Waals surface area contributed by atoms with Crippen molar-refractivity contribution in [3.05, 3.63) is 55.7 Å². The summed E-state index contributed by atoms with van der Waals surface area (Å²) in [4.78, 5) is 2.92. The van der Waals surface area contributed by atoms with Crippen LogP contribution in [0.2, 0.25) is 5.02 Å². The quantitative estimate of drug-likeness (QED) is 0.594. The molecule has 0 N–H and O–H groups in total. The Morgan fingerprint density at radius 1 is 1.22 bits per heavy atom. The molecule has 1 atom stereocenters. The number of thiophene rings is 1. The van der Waals surface area contributed by atoms with Crippen LogP contribution in [0.3, 0.4) is 0 Å². The van der Waals surface area contributed by atoms with Gasteiger partial charge in [-0.05, 0) is 55.2 Å². The van der Waals surface area contributed by atoms with Gasteiger partial charge < -0.3 is 0 Å². The Morgan fingerprint density at radius 2 is 1.89 bits per heavy atom. The zero-order chi connectivity index (χ0) is 13.3. The molecule has 0 aliphatic rings. The first-order valence-electron chi connectivity index (χ1n) is 6.02. The average molecular weight is 344 g/mol. The first-order chi connectivity index (χ1) is 8.52. The number of hydrogen-bond acceptors (Lipinski definition) is 1. The highest BCUT2D eigenvalue weighted by Gasteiger charge is 2.16. The van der Waals surface area contributed by atoms with Crippen LogP contribution in [0.5, 0.6) is 0 Å². The number of rotatable bonds is 3. The number of alkyl halides is 1. The molecular formula is C15H16BrClS. The van der Waals surface area contributed by atoms with Crippen LogP contribution >= 0.6 is 38.9 Å². The minimum Gasteiger partial charge on any atom is -0.144 e. The summed E-state index contributed by atoms with van der Waals surface area (Å²) in [6.07, 6.45) is 1.09. The van der Waals surface area contributed by atoms with Crippen LogP contribution in [0.4, 0.5) is 0 Å². The lowest BCUT2D eigenvalue weighted by molar-refractivity contribution is 1.19. The van der Waals surface area contributed by atoms with Gasteiger partial charge in [-0.3, -0.25) is 0 Å². The highest BCUT2D eigenvalue weighted by Crippen LogP contribution is 2.39. The minimum absolute atomic E-state index is 0.189. The SMILES string of the molecule is CCc1ccc(C(Br)c2cc(C)c(C)cc2Cl)s1. The second kappa shape index (κ2) is 5.77. The van der Waals surface area contributed by atoms with Gasteiger partial charge in [0.2, 0.25) is 0 Å². The molecule has 0 nitrogen and oxygen atoms in total. The fourth-order valence-corrected chi connectivity index (χ4v) is 4.09. The Balaban J connectivity index is 2.39. The number of hydrogen-bond donors (Lipinski definition) is 0. The van der Waals surface area contributed by atoms with Gasteiger partial charge >= 0.3 is 0 Å². The molecule has 18 heavy (non-hydrogen) atoms. The third kappa shape index (κ3) is 2.81. The maximum Gasteiger partial charge on any atom is 0.0752 e. The third-order valence-corrected chi connectivity index (χ3v) is 6.08. The summed E-state index contributed by atoms with van der Waals surface area (Å²) >= 11 is 12.0. The lowest BCUT2D eigenvalue weighted by Gasteiger charge is -2.13. The van der Waals surface area contributed by atoms with Crippen LogP contribution in [0.1, 0.15) is 38.2 Å². The zero-order valence-electron chi connectivity index (χ0n) is 10.8. The van der Waals surface area contributed by atoms with E-state index in [1.54, 1.807) is 0 Å². The highest BCUT2D eigenvalue weighted by atomic mass is 79.9. The molecule has 0 amide bonds. The molecule has 0 spiro atoms. The maximum absolute atomic E-state index is 6.36. The first kappa shape index (κ1) is 14.1. The van der Waals surface area contributed by atoms with E-state index >= 15 is 0 Å². The summed E-state index contributed by atoms with van der Waals surface area (Å²) in [5.41, 5.74) is 3.68. The second-order valence-corrected chi connectivity index (χ2v) is 7.00. The Morgan fingerprint density at radius 3 is 2.50 bits per heavy atom. The topological polar surface area (TPSA) is 0 Å². The van der Waals surface area contributed by atoms with E-state index in [9.17, 15) is 0 Å². The molecular weight excluding hydrogens is 328 g/mol. The van der Waals surface area contributed by atoms with E-state index in [-0.39, 0.29) is 4.83 Å². The fraction of sp³-hybridized carbons (Fsp3) is 0.333. The molecule has 0 aliphatic carbocycles. The molecule has 0 aliphatic heterocycles. The molecule has 0 fully saturated rings. The van der Waals surface area contributed by atoms with Gasteiger partial charge in [0.1, 0.15) is 0 Å². The summed E-state index contributed by atoms with van der Waals surface area (Å²) < 4.78 is 0. The van der Waals surface area contributed by atoms with Gasteiger partial charge in [-0.1, -0.05) is 40.5 Å². The van der Waals surface area contributed by atoms with Crippen LogP contribution in [-0.2, 0) is 6.42 Å². The Bertz CT molecular complexity index is 560. The molecule has 0 radical (unpaired) electrons. The van der Waals surface area contributed by atoms with Crippen LogP contribution in [-0.4, -0.2) is 0 Å². The monoisotopic (exact) mass is 342 g/mol. The van der Waals surface area contributed by atoms with Gasteiger partial charge in [-0.2, -0.15) is 0 Å². The summed E-state index contributed by atoms with van der Waals surface area (Å²) in [5, 5.41) is 0.839. The van der Waals surface area contributed by atoms with E-state index in [2.05, 4.69) is 61.0 Å². The molecule has 1 heterocycles. The van der Waals surface area contributed by atoms with Gasteiger partial charge in [-0.15, -0.1) is 11.3 Å². The van der Waals surface area contributed by atoms with Crippen molar-refractivity contribution >= 4 is 38.9 Å². The van der Waals surface area contributed by atoms with Crippen molar-refractivity contribution in [2.75, 3.05) is 0 Å². The highest BCUT2D eigenvalue weighted by molar-refractivity contribution is 9.09. The molecule has 0 saturated heterocycles. The lowest BCUT2D eigenvalue weighted by atomic mass is 10.0. The van der Waals surface area contributed by atoms with Crippen molar-refractivity contribution in [1.82, 2.24) is 0 Å². The normalized spacial score (nSPS) is 12.7. The number of aryl methyl sites for hydroxylation is 3. The van der Waals surface area contributed by atoms with Gasteiger partial charge in [0.25, 0.3) is 0 Å². The van der Waals surface area contributed by atoms with Crippen molar-refractivity contribution in [2.45, 2.75) is 32.0 Å². The van der Waals surface area contributed by atoms with Crippen molar-refractivity contribution in [2.24, 2.45) is 0 Å². The number of benzene rings is 1. The molecule has 0 saturated carbocycles. The van der Waals surface area contributed by atoms with E-state index in [4.69, 9.17) is 11.6 Å². The summed E-state index contributed by atoms with van der Waals surface area (Å²) in [7, 11) is 0. The molecule has 1 unspecified atom stereocenters. The average Bonchev–Trinajstić information content (AvgIpc) is 2.81. The molecule has 2 aromatic rings. The zero-order valence-corrected chi connectivity index (χ0v) is 13.9. The van der Waals surface area contributed by atoms with Crippen molar-refractivity contribution < 1.29 is 0 Å². The largest absolute Gasteiger partial charge is 0.144 e. The van der Waals surface area contributed by atoms with E-state index in [1.807, 2.05) is 11.3 Å². The van der Waals surface area contributed by atoms with Crippen molar-refractivity contribution in [1.29, 1.82) is 0 Å². The second-order valence-electron chi connectivity index (χ2n) is 4.48. The van der Waals surface area contributed by atoms with Crippen LogP contribution in [0.25, 0.3) is 0 Å². The molecule has 3 heteroatoms. The molecule has 1 aromatic heterocycles. The van der Waals surface area contributed by atoms with E-state index < -0.39 is 0 Å². The van der Waals surface area contributed by atoms with Crippen LogP contribution in [0.15, 0.2) is 24.3 Å². The van der Waals surface area contributed by atoms with Crippen molar-refractivity contribution in [3.63, 3.8) is 0 Å². The third-order valence-electron chi connectivity index (χ3n) is 3.17. The summed E-state index contributed by atoms with van der Waals surface area (Å²) in [6, 6.07) is 8.62. The van der Waals surface area contributed by atoms with Crippen LogP contribution < -0.4 is 0 Å². The molecule has 0 bridgehead atoms. The van der Waals surface area contributed by atoms with Crippen molar-refractivity contribution in [3.8, 4) is 0 Å². The lowest BCUT2D eigenvalue weighted by Crippen LogP contribution is -1.94. The van der Waals surface area contributed by atoms with E-state index in [0.717, 1.165) is 17.0 Å². The Kier molecular flexibility index (Phi) is 4.52. The van der Waals surface area contributed by atoms with Gasteiger partial charge in [-0.25, -0.2) is 0 Å². The Hall–Kier alpha value is -0.310. The smallest absolute Gasteiger partial charge is 0.0752 e. The molecule has 96 valence electrons. The summed E-state index contributed by atoms with van der Waals surface area (Å²) in [6.45, 7) is 6.40. The first-order valence-corrected chi connectivity index (χ1v) is 8.13. The van der Waals surface area contributed by atoms with E-state index in [1.165, 1.54) is 20.9 Å². The molecule has 1 aromatic carbocycles. The predicted octanol–water partition coefficient (Wildman–Crippen LogP) is 6.07. The fourth-order valence-electron chi connectivity index (χ4n) is 1.87. The van der Waals surface area contributed by atoms with Gasteiger partial charge in [0.05, 0.1) is 4.83 Å².